The normalized spacial score (nSPS) is 11.9. The summed E-state index contributed by atoms with van der Waals surface area (Å²) in [5.41, 5.74) is 1.20. The second-order valence-corrected chi connectivity index (χ2v) is 7.28. The summed E-state index contributed by atoms with van der Waals surface area (Å²) >= 11 is 12.3. The van der Waals surface area contributed by atoms with E-state index in [0.717, 1.165) is 5.56 Å². The zero-order chi connectivity index (χ0) is 19.3. The van der Waals surface area contributed by atoms with Gasteiger partial charge < -0.3 is 10.2 Å². The lowest BCUT2D eigenvalue weighted by molar-refractivity contribution is -0.133. The Kier molecular flexibility index (Phi) is 7.06. The van der Waals surface area contributed by atoms with Gasteiger partial charge in [0.2, 0.25) is 5.91 Å². The first kappa shape index (κ1) is 20.3. The monoisotopic (exact) mass is 392 g/mol. The molecule has 2 aromatic rings. The van der Waals surface area contributed by atoms with Crippen molar-refractivity contribution >= 4 is 35.0 Å². The number of nitrogens with one attached hydrogen (secondary N) is 1. The fourth-order valence-electron chi connectivity index (χ4n) is 2.58. The fourth-order valence-corrected chi connectivity index (χ4v) is 2.99. The Labute approximate surface area is 164 Å². The highest BCUT2D eigenvalue weighted by Crippen LogP contribution is 2.19. The Morgan fingerprint density at radius 2 is 1.58 bits per heavy atom. The topological polar surface area (TPSA) is 49.4 Å². The van der Waals surface area contributed by atoms with Crippen molar-refractivity contribution in [3.8, 4) is 0 Å². The lowest BCUT2D eigenvalue weighted by Gasteiger charge is -2.27. The Hall–Kier alpha value is -2.04. The number of hydrogen-bond donors (Lipinski definition) is 1. The van der Waals surface area contributed by atoms with Crippen LogP contribution in [0.2, 0.25) is 10.0 Å². The summed E-state index contributed by atoms with van der Waals surface area (Å²) in [6.45, 7) is 4.14. The molecule has 0 aliphatic rings. The summed E-state index contributed by atoms with van der Waals surface area (Å²) in [5, 5.41) is 3.76. The number of benzene rings is 2. The Morgan fingerprint density at radius 1 is 1.00 bits per heavy atom. The molecule has 0 spiro atoms. The van der Waals surface area contributed by atoms with Crippen LogP contribution in [-0.2, 0) is 11.3 Å². The van der Waals surface area contributed by atoms with Crippen LogP contribution in [0.4, 0.5) is 0 Å². The first-order valence-electron chi connectivity index (χ1n) is 8.35. The van der Waals surface area contributed by atoms with E-state index < -0.39 is 6.04 Å². The molecule has 1 N–H and O–H groups in total. The van der Waals surface area contributed by atoms with Crippen LogP contribution in [0.5, 0.6) is 0 Å². The molecule has 4 nitrogen and oxygen atoms in total. The van der Waals surface area contributed by atoms with Gasteiger partial charge in [-0.2, -0.15) is 0 Å². The lowest BCUT2D eigenvalue weighted by Crippen LogP contribution is -2.50. The first-order chi connectivity index (χ1) is 12.3. The van der Waals surface area contributed by atoms with E-state index in [-0.39, 0.29) is 17.7 Å². The van der Waals surface area contributed by atoms with Gasteiger partial charge in [0.15, 0.2) is 0 Å². The van der Waals surface area contributed by atoms with Crippen molar-refractivity contribution in [3.05, 3.63) is 69.7 Å². The van der Waals surface area contributed by atoms with E-state index in [9.17, 15) is 9.59 Å². The second-order valence-electron chi connectivity index (χ2n) is 6.46. The van der Waals surface area contributed by atoms with Gasteiger partial charge >= 0.3 is 0 Å². The fraction of sp³-hybridized carbons (Fsp3) is 0.300. The van der Waals surface area contributed by atoms with Crippen LogP contribution >= 0.6 is 23.2 Å². The SMILES string of the molecule is CC(C)C(NC(=O)c1ccccc1Cl)C(=O)N(C)Cc1ccccc1Cl. The molecule has 26 heavy (non-hydrogen) atoms. The average molecular weight is 393 g/mol. The van der Waals surface area contributed by atoms with Gasteiger partial charge in [0.05, 0.1) is 10.6 Å². The van der Waals surface area contributed by atoms with Crippen molar-refractivity contribution in [2.75, 3.05) is 7.05 Å². The van der Waals surface area contributed by atoms with E-state index in [1.807, 2.05) is 32.0 Å². The molecule has 1 atom stereocenters. The Balaban J connectivity index is 2.13. The third kappa shape index (κ3) is 4.99. The molecule has 138 valence electrons. The minimum atomic E-state index is -0.661. The Morgan fingerprint density at radius 3 is 2.15 bits per heavy atom. The van der Waals surface area contributed by atoms with Gasteiger partial charge in [0.25, 0.3) is 5.91 Å². The second kappa shape index (κ2) is 9.06. The van der Waals surface area contributed by atoms with E-state index in [1.165, 1.54) is 0 Å². The summed E-state index contributed by atoms with van der Waals surface area (Å²) in [5.74, 6) is -0.628. The molecule has 0 saturated carbocycles. The van der Waals surface area contributed by atoms with E-state index in [1.54, 1.807) is 42.3 Å². The molecule has 0 radical (unpaired) electrons. The smallest absolute Gasteiger partial charge is 0.253 e. The molecular weight excluding hydrogens is 371 g/mol. The van der Waals surface area contributed by atoms with Gasteiger partial charge in [-0.05, 0) is 29.7 Å². The summed E-state index contributed by atoms with van der Waals surface area (Å²) < 4.78 is 0. The van der Waals surface area contributed by atoms with Crippen LogP contribution in [0.25, 0.3) is 0 Å². The van der Waals surface area contributed by atoms with Crippen molar-refractivity contribution in [1.29, 1.82) is 0 Å². The molecule has 2 aromatic carbocycles. The number of halogens is 2. The molecule has 0 heterocycles. The minimum absolute atomic E-state index is 0.0809. The van der Waals surface area contributed by atoms with Crippen LogP contribution in [0.3, 0.4) is 0 Å². The van der Waals surface area contributed by atoms with E-state index >= 15 is 0 Å². The number of likely N-dealkylation sites (N-methyl/N-ethyl adjacent to an activating group) is 1. The van der Waals surface area contributed by atoms with Crippen molar-refractivity contribution in [1.82, 2.24) is 10.2 Å². The highest BCUT2D eigenvalue weighted by atomic mass is 35.5. The van der Waals surface area contributed by atoms with Gasteiger partial charge in [-0.1, -0.05) is 67.4 Å². The molecule has 0 aromatic heterocycles. The molecule has 6 heteroatoms. The number of amides is 2. The van der Waals surface area contributed by atoms with Crippen LogP contribution in [0, 0.1) is 5.92 Å². The van der Waals surface area contributed by atoms with Crippen LogP contribution in [0.15, 0.2) is 48.5 Å². The third-order valence-electron chi connectivity index (χ3n) is 4.08. The molecule has 2 rings (SSSR count). The number of carbonyl (C=O) groups excluding carboxylic acids is 2. The van der Waals surface area contributed by atoms with Crippen molar-refractivity contribution in [2.45, 2.75) is 26.4 Å². The number of nitrogens with zero attached hydrogens (tertiary/aromatic N) is 1. The molecular formula is C20H22Cl2N2O2. The summed E-state index contributed by atoms with van der Waals surface area (Å²) in [7, 11) is 1.70. The standard InChI is InChI=1S/C20H22Cl2N2O2/c1-13(2)18(23-19(25)15-9-5-7-11-17(15)22)20(26)24(3)12-14-8-4-6-10-16(14)21/h4-11,13,18H,12H2,1-3H3,(H,23,25). The Bertz CT molecular complexity index is 793. The van der Waals surface area contributed by atoms with Crippen LogP contribution < -0.4 is 5.32 Å². The van der Waals surface area contributed by atoms with Gasteiger partial charge in [0.1, 0.15) is 6.04 Å². The maximum atomic E-state index is 12.9. The van der Waals surface area contributed by atoms with Crippen LogP contribution in [0.1, 0.15) is 29.8 Å². The maximum Gasteiger partial charge on any atom is 0.253 e. The van der Waals surface area contributed by atoms with Crippen molar-refractivity contribution in [2.24, 2.45) is 5.92 Å². The van der Waals surface area contributed by atoms with Gasteiger partial charge in [-0.25, -0.2) is 0 Å². The van der Waals surface area contributed by atoms with Gasteiger partial charge in [-0.15, -0.1) is 0 Å². The zero-order valence-corrected chi connectivity index (χ0v) is 16.5. The summed E-state index contributed by atoms with van der Waals surface area (Å²) in [4.78, 5) is 27.0. The molecule has 0 saturated heterocycles. The highest BCUT2D eigenvalue weighted by molar-refractivity contribution is 6.33. The number of carbonyl (C=O) groups is 2. The third-order valence-corrected chi connectivity index (χ3v) is 4.78. The minimum Gasteiger partial charge on any atom is -0.340 e. The van der Waals surface area contributed by atoms with Crippen molar-refractivity contribution in [3.63, 3.8) is 0 Å². The van der Waals surface area contributed by atoms with E-state index in [0.29, 0.717) is 22.2 Å². The number of rotatable bonds is 6. The summed E-state index contributed by atoms with van der Waals surface area (Å²) in [6.07, 6.45) is 0. The quantitative estimate of drug-likeness (QED) is 0.791. The maximum absolute atomic E-state index is 12.9. The molecule has 1 unspecified atom stereocenters. The molecule has 0 aliphatic heterocycles. The zero-order valence-electron chi connectivity index (χ0n) is 15.0. The number of hydrogen-bond acceptors (Lipinski definition) is 2. The average Bonchev–Trinajstić information content (AvgIpc) is 2.61. The van der Waals surface area contributed by atoms with E-state index in [2.05, 4.69) is 5.32 Å². The van der Waals surface area contributed by atoms with Gasteiger partial charge in [-0.3, -0.25) is 9.59 Å². The van der Waals surface area contributed by atoms with Crippen LogP contribution in [-0.4, -0.2) is 29.8 Å². The van der Waals surface area contributed by atoms with E-state index in [4.69, 9.17) is 23.2 Å². The summed E-state index contributed by atoms with van der Waals surface area (Å²) in [6, 6.07) is 13.5. The first-order valence-corrected chi connectivity index (χ1v) is 9.10. The lowest BCUT2D eigenvalue weighted by atomic mass is 10.0. The largest absolute Gasteiger partial charge is 0.340 e. The predicted molar refractivity (Wildman–Crippen MR) is 105 cm³/mol. The molecule has 0 bridgehead atoms. The van der Waals surface area contributed by atoms with Gasteiger partial charge in [0, 0.05) is 18.6 Å². The molecule has 2 amide bonds. The predicted octanol–water partition coefficient (Wildman–Crippen LogP) is 4.41. The van der Waals surface area contributed by atoms with Crippen molar-refractivity contribution < 1.29 is 9.59 Å². The highest BCUT2D eigenvalue weighted by Gasteiger charge is 2.28. The molecule has 0 aliphatic carbocycles. The molecule has 0 fully saturated rings.